The highest BCUT2D eigenvalue weighted by atomic mass is 35.5. The van der Waals surface area contributed by atoms with Crippen LogP contribution in [0.5, 0.6) is 0 Å². The molecule has 0 aromatic heterocycles. The Kier molecular flexibility index (Phi) is 7.47. The van der Waals surface area contributed by atoms with Crippen molar-refractivity contribution in [2.45, 2.75) is 27.7 Å². The van der Waals surface area contributed by atoms with Gasteiger partial charge in [0.05, 0.1) is 6.07 Å². The number of nitrogens with zero attached hydrogens (tertiary/aromatic N) is 2. The summed E-state index contributed by atoms with van der Waals surface area (Å²) in [5, 5.41) is 2.30. The van der Waals surface area contributed by atoms with Gasteiger partial charge < -0.3 is 27.5 Å². The van der Waals surface area contributed by atoms with Gasteiger partial charge in [-0.05, 0) is 63.6 Å². The second-order valence-corrected chi connectivity index (χ2v) is 7.80. The minimum absolute atomic E-state index is 0. The molecule has 5 heteroatoms. The molecule has 4 nitrogen and oxygen atoms in total. The highest BCUT2D eigenvalue weighted by molar-refractivity contribution is 6.02. The molecule has 0 atom stereocenters. The molecule has 2 aromatic rings. The van der Waals surface area contributed by atoms with E-state index in [4.69, 9.17) is 10.2 Å². The van der Waals surface area contributed by atoms with E-state index in [1.165, 1.54) is 16.6 Å². The second kappa shape index (κ2) is 10.1. The lowest BCUT2D eigenvalue weighted by Gasteiger charge is -2.22. The number of halogens is 1. The molecule has 0 fully saturated rings. The van der Waals surface area contributed by atoms with E-state index in [1.54, 1.807) is 0 Å². The van der Waals surface area contributed by atoms with E-state index in [-0.39, 0.29) is 12.4 Å². The Morgan fingerprint density at radius 2 is 1.53 bits per heavy atom. The van der Waals surface area contributed by atoms with Crippen molar-refractivity contribution < 1.29 is 16.8 Å². The van der Waals surface area contributed by atoms with Crippen molar-refractivity contribution in [3.63, 3.8) is 0 Å². The SMILES string of the molecule is CCN(CC)c1ccc2c(-c3ccc(N)cc3)c3ccc(=[N+](CC)CC)cc-3oc2c1.[Cl-]. The van der Waals surface area contributed by atoms with Crippen molar-refractivity contribution in [1.29, 1.82) is 0 Å². The Morgan fingerprint density at radius 3 is 2.16 bits per heavy atom. The first-order valence-electron chi connectivity index (χ1n) is 11.3. The van der Waals surface area contributed by atoms with Crippen LogP contribution in [-0.4, -0.2) is 26.2 Å². The number of nitrogen functional groups attached to an aromatic ring is 1. The van der Waals surface area contributed by atoms with Crippen molar-refractivity contribution in [3.8, 4) is 22.5 Å². The number of hydrogen-bond acceptors (Lipinski definition) is 3. The molecule has 0 bridgehead atoms. The number of rotatable bonds is 6. The number of nitrogens with two attached hydrogens (primary N) is 1. The Morgan fingerprint density at radius 1 is 0.844 bits per heavy atom. The van der Waals surface area contributed by atoms with Crippen LogP contribution in [0.25, 0.3) is 33.4 Å². The Balaban J connectivity index is 0.00000289. The molecule has 0 saturated carbocycles. The largest absolute Gasteiger partial charge is 1.00 e. The molecule has 4 rings (SSSR count). The van der Waals surface area contributed by atoms with Crippen LogP contribution in [0.1, 0.15) is 27.7 Å². The van der Waals surface area contributed by atoms with E-state index in [0.29, 0.717) is 0 Å². The van der Waals surface area contributed by atoms with Gasteiger partial charge >= 0.3 is 0 Å². The summed E-state index contributed by atoms with van der Waals surface area (Å²) < 4.78 is 8.86. The lowest BCUT2D eigenvalue weighted by atomic mass is 9.93. The van der Waals surface area contributed by atoms with E-state index in [0.717, 1.165) is 59.7 Å². The molecule has 1 aliphatic heterocycles. The summed E-state index contributed by atoms with van der Waals surface area (Å²) in [5.74, 6) is 0.903. The van der Waals surface area contributed by atoms with Gasteiger partial charge in [-0.2, -0.15) is 0 Å². The average Bonchev–Trinajstić information content (AvgIpc) is 2.79. The molecular formula is C27H32ClN3O. The molecule has 0 amide bonds. The summed E-state index contributed by atoms with van der Waals surface area (Å²) in [6, 6.07) is 21.2. The quantitative estimate of drug-likeness (QED) is 0.279. The van der Waals surface area contributed by atoms with Crippen LogP contribution in [0.2, 0.25) is 0 Å². The minimum Gasteiger partial charge on any atom is -1.00 e. The maximum atomic E-state index is 6.51. The Hall–Kier alpha value is -2.98. The van der Waals surface area contributed by atoms with Crippen LogP contribution in [0, 0.1) is 0 Å². The molecule has 0 unspecified atom stereocenters. The number of anilines is 2. The number of fused-ring (bicyclic) bond motifs is 2. The molecule has 32 heavy (non-hydrogen) atoms. The molecule has 0 radical (unpaired) electrons. The summed E-state index contributed by atoms with van der Waals surface area (Å²) in [7, 11) is 0. The van der Waals surface area contributed by atoms with Crippen molar-refractivity contribution >= 4 is 22.3 Å². The minimum atomic E-state index is 0. The summed E-state index contributed by atoms with van der Waals surface area (Å²) in [5.41, 5.74) is 12.3. The number of benzene rings is 3. The zero-order chi connectivity index (χ0) is 22.0. The maximum absolute atomic E-state index is 6.51. The fourth-order valence-corrected chi connectivity index (χ4v) is 4.40. The lowest BCUT2D eigenvalue weighted by Crippen LogP contribution is -3.00. The van der Waals surface area contributed by atoms with Crippen molar-refractivity contribution in [2.24, 2.45) is 0 Å². The predicted molar refractivity (Wildman–Crippen MR) is 133 cm³/mol. The van der Waals surface area contributed by atoms with E-state index >= 15 is 0 Å². The lowest BCUT2D eigenvalue weighted by molar-refractivity contribution is -0.00000688. The third kappa shape index (κ3) is 4.33. The fourth-order valence-electron chi connectivity index (χ4n) is 4.40. The van der Waals surface area contributed by atoms with Gasteiger partial charge in [-0.1, -0.05) is 12.1 Å². The van der Waals surface area contributed by atoms with E-state index in [2.05, 4.69) is 85.7 Å². The van der Waals surface area contributed by atoms with Gasteiger partial charge in [0.25, 0.3) is 0 Å². The predicted octanol–water partition coefficient (Wildman–Crippen LogP) is 2.45. The van der Waals surface area contributed by atoms with Crippen molar-refractivity contribution in [1.82, 2.24) is 4.58 Å². The third-order valence-electron chi connectivity index (χ3n) is 6.15. The zero-order valence-corrected chi connectivity index (χ0v) is 20.1. The Labute approximate surface area is 196 Å². The maximum Gasteiger partial charge on any atom is 0.203 e. The molecule has 0 spiro atoms. The monoisotopic (exact) mass is 449 g/mol. The molecule has 2 aromatic carbocycles. The topological polar surface area (TPSA) is 45.4 Å². The molecule has 1 aliphatic carbocycles. The molecule has 168 valence electrons. The van der Waals surface area contributed by atoms with Gasteiger partial charge in [-0.15, -0.1) is 0 Å². The van der Waals surface area contributed by atoms with Gasteiger partial charge in [0.2, 0.25) is 5.36 Å². The van der Waals surface area contributed by atoms with E-state index in [9.17, 15) is 0 Å². The highest BCUT2D eigenvalue weighted by Gasteiger charge is 2.19. The van der Waals surface area contributed by atoms with Gasteiger partial charge in [0.1, 0.15) is 24.4 Å². The summed E-state index contributed by atoms with van der Waals surface area (Å²) in [4.78, 5) is 2.34. The normalized spacial score (nSPS) is 10.9. The van der Waals surface area contributed by atoms with Gasteiger partial charge in [-0.25, -0.2) is 4.58 Å². The third-order valence-corrected chi connectivity index (χ3v) is 6.15. The van der Waals surface area contributed by atoms with Crippen LogP contribution in [0.4, 0.5) is 11.4 Å². The molecule has 1 heterocycles. The molecule has 2 aliphatic rings. The van der Waals surface area contributed by atoms with Crippen LogP contribution in [0.3, 0.4) is 0 Å². The fraction of sp³-hybridized carbons (Fsp3) is 0.296. The average molecular weight is 450 g/mol. The standard InChI is InChI=1S/C27H31N3O.ClH/c1-5-29(6-2)21-13-15-23-25(17-21)31-26-18-22(30(7-3)8-4)14-16-24(26)27(23)19-9-11-20(28)12-10-19;/h9-18,28H,5-8H2,1-4H3;1H. The highest BCUT2D eigenvalue weighted by Crippen LogP contribution is 2.40. The van der Waals surface area contributed by atoms with Crippen molar-refractivity contribution in [3.05, 3.63) is 66.0 Å². The summed E-state index contributed by atoms with van der Waals surface area (Å²) in [6.45, 7) is 12.6. The van der Waals surface area contributed by atoms with Gasteiger partial charge in [0, 0.05) is 53.1 Å². The molecule has 0 saturated heterocycles. The summed E-state index contributed by atoms with van der Waals surface area (Å²) in [6.07, 6.45) is 0. The first kappa shape index (κ1) is 23.7. The first-order chi connectivity index (χ1) is 15.1. The number of hydrogen-bond donors (Lipinski definition) is 1. The van der Waals surface area contributed by atoms with Gasteiger partial charge in [0.15, 0.2) is 0 Å². The molecule has 2 N–H and O–H groups in total. The Bertz CT molecular complexity index is 1230. The van der Waals surface area contributed by atoms with Gasteiger partial charge in [-0.3, -0.25) is 0 Å². The van der Waals surface area contributed by atoms with Crippen LogP contribution in [0.15, 0.2) is 65.1 Å². The summed E-state index contributed by atoms with van der Waals surface area (Å²) >= 11 is 0. The smallest absolute Gasteiger partial charge is 0.203 e. The van der Waals surface area contributed by atoms with Crippen LogP contribution < -0.4 is 33.0 Å². The molecular weight excluding hydrogens is 418 g/mol. The zero-order valence-electron chi connectivity index (χ0n) is 19.4. The second-order valence-electron chi connectivity index (χ2n) is 7.80. The van der Waals surface area contributed by atoms with Crippen molar-refractivity contribution in [2.75, 3.05) is 36.8 Å². The van der Waals surface area contributed by atoms with E-state index in [1.807, 2.05) is 12.1 Å². The van der Waals surface area contributed by atoms with E-state index < -0.39 is 0 Å². The van der Waals surface area contributed by atoms with Crippen LogP contribution >= 0.6 is 0 Å². The first-order valence-corrected chi connectivity index (χ1v) is 11.3. The van der Waals surface area contributed by atoms with Crippen LogP contribution in [-0.2, 0) is 0 Å².